The van der Waals surface area contributed by atoms with Crippen molar-refractivity contribution in [1.29, 1.82) is 0 Å². The first-order valence-corrected chi connectivity index (χ1v) is 4.45. The van der Waals surface area contributed by atoms with Crippen LogP contribution in [-0.4, -0.2) is 24.3 Å². The molecule has 1 aliphatic heterocycles. The Morgan fingerprint density at radius 1 is 1.53 bits per heavy atom. The first-order chi connectivity index (χ1) is 7.25. The van der Waals surface area contributed by atoms with E-state index >= 15 is 0 Å². The molecule has 0 fully saturated rings. The van der Waals surface area contributed by atoms with Crippen LogP contribution in [0.3, 0.4) is 0 Å². The number of amides is 1. The molecule has 1 aromatic heterocycles. The van der Waals surface area contributed by atoms with Gasteiger partial charge in [-0.2, -0.15) is 0 Å². The van der Waals surface area contributed by atoms with Crippen molar-refractivity contribution in [2.75, 3.05) is 18.5 Å². The second-order valence-electron chi connectivity index (χ2n) is 2.98. The van der Waals surface area contributed by atoms with Gasteiger partial charge in [0, 0.05) is 6.07 Å². The van der Waals surface area contributed by atoms with Crippen LogP contribution in [0.15, 0.2) is 22.6 Å². The third kappa shape index (κ3) is 2.28. The van der Waals surface area contributed by atoms with Gasteiger partial charge < -0.3 is 19.3 Å². The van der Waals surface area contributed by atoms with Crippen molar-refractivity contribution in [3.05, 3.63) is 23.8 Å². The Labute approximate surface area is 85.8 Å². The highest BCUT2D eigenvalue weighted by atomic mass is 16.6. The normalized spacial score (nSPS) is 14.9. The van der Waals surface area contributed by atoms with Gasteiger partial charge in [0.15, 0.2) is 5.82 Å². The quantitative estimate of drug-likeness (QED) is 0.781. The monoisotopic (exact) mass is 210 g/mol. The van der Waals surface area contributed by atoms with Crippen molar-refractivity contribution < 1.29 is 18.8 Å². The molecule has 0 saturated carbocycles. The van der Waals surface area contributed by atoms with Crippen LogP contribution in [0.5, 0.6) is 0 Å². The number of rotatable bonds is 2. The van der Waals surface area contributed by atoms with E-state index in [2.05, 4.69) is 10.5 Å². The van der Waals surface area contributed by atoms with Crippen LogP contribution in [0.4, 0.5) is 5.82 Å². The van der Waals surface area contributed by atoms with Gasteiger partial charge in [-0.3, -0.25) is 4.79 Å². The van der Waals surface area contributed by atoms with Gasteiger partial charge in [0.05, 0.1) is 0 Å². The summed E-state index contributed by atoms with van der Waals surface area (Å²) in [6.45, 7) is 2.57. The van der Waals surface area contributed by atoms with Gasteiger partial charge in [-0.05, 0) is 6.92 Å². The minimum absolute atomic E-state index is 0.141. The first-order valence-electron chi connectivity index (χ1n) is 4.45. The van der Waals surface area contributed by atoms with Crippen LogP contribution in [0, 0.1) is 6.92 Å². The summed E-state index contributed by atoms with van der Waals surface area (Å²) >= 11 is 0. The van der Waals surface area contributed by atoms with E-state index < -0.39 is 5.91 Å². The molecule has 0 spiro atoms. The Balaban J connectivity index is 2.00. The molecule has 80 valence electrons. The lowest BCUT2D eigenvalue weighted by molar-refractivity contribution is -0.117. The molecule has 15 heavy (non-hydrogen) atoms. The molecule has 1 aromatic rings. The number of nitrogens with zero attached hydrogens (tertiary/aromatic N) is 1. The molecule has 6 nitrogen and oxygen atoms in total. The van der Waals surface area contributed by atoms with E-state index in [4.69, 9.17) is 14.0 Å². The zero-order valence-electron chi connectivity index (χ0n) is 8.15. The number of ether oxygens (including phenoxy) is 2. The second kappa shape index (κ2) is 4.04. The molecular weight excluding hydrogens is 200 g/mol. The summed E-state index contributed by atoms with van der Waals surface area (Å²) in [5.74, 6) is 0.720. The summed E-state index contributed by atoms with van der Waals surface area (Å²) < 4.78 is 14.8. The lowest BCUT2D eigenvalue weighted by Crippen LogP contribution is -2.21. The Morgan fingerprint density at radius 3 is 3.00 bits per heavy atom. The third-order valence-corrected chi connectivity index (χ3v) is 1.74. The SMILES string of the molecule is Cc1cc(NC(=O)C2=COCCO2)no1. The minimum Gasteiger partial charge on any atom is -0.494 e. The van der Waals surface area contributed by atoms with Crippen molar-refractivity contribution >= 4 is 11.7 Å². The van der Waals surface area contributed by atoms with Crippen LogP contribution in [-0.2, 0) is 14.3 Å². The van der Waals surface area contributed by atoms with E-state index in [0.29, 0.717) is 24.8 Å². The van der Waals surface area contributed by atoms with Crippen molar-refractivity contribution in [1.82, 2.24) is 5.16 Å². The number of aromatic nitrogens is 1. The molecule has 0 unspecified atom stereocenters. The van der Waals surface area contributed by atoms with E-state index in [9.17, 15) is 4.79 Å². The van der Waals surface area contributed by atoms with Gasteiger partial charge in [-0.15, -0.1) is 0 Å². The molecular formula is C9H10N2O4. The molecule has 0 radical (unpaired) electrons. The maximum atomic E-state index is 11.5. The Hall–Kier alpha value is -1.98. The first kappa shape index (κ1) is 9.57. The van der Waals surface area contributed by atoms with Gasteiger partial charge in [0.1, 0.15) is 25.2 Å². The van der Waals surface area contributed by atoms with E-state index in [-0.39, 0.29) is 5.76 Å². The van der Waals surface area contributed by atoms with Crippen LogP contribution in [0.25, 0.3) is 0 Å². The number of aryl methyl sites for hydroxylation is 1. The van der Waals surface area contributed by atoms with Crippen molar-refractivity contribution in [2.24, 2.45) is 0 Å². The molecule has 0 bridgehead atoms. The summed E-state index contributed by atoms with van der Waals surface area (Å²) in [6, 6.07) is 1.61. The Morgan fingerprint density at radius 2 is 2.40 bits per heavy atom. The van der Waals surface area contributed by atoms with Crippen LogP contribution >= 0.6 is 0 Å². The highest BCUT2D eigenvalue weighted by Gasteiger charge is 2.16. The molecule has 0 aromatic carbocycles. The fraction of sp³-hybridized carbons (Fsp3) is 0.333. The zero-order chi connectivity index (χ0) is 10.7. The van der Waals surface area contributed by atoms with Crippen LogP contribution in [0.1, 0.15) is 5.76 Å². The molecule has 0 saturated heterocycles. The van der Waals surface area contributed by atoms with E-state index in [1.165, 1.54) is 6.26 Å². The van der Waals surface area contributed by atoms with Crippen LogP contribution < -0.4 is 5.32 Å². The van der Waals surface area contributed by atoms with Gasteiger partial charge in [-0.25, -0.2) is 0 Å². The van der Waals surface area contributed by atoms with E-state index in [0.717, 1.165) is 0 Å². The molecule has 1 aliphatic rings. The van der Waals surface area contributed by atoms with Gasteiger partial charge in [-0.1, -0.05) is 5.16 Å². The number of carbonyl (C=O) groups excluding carboxylic acids is 1. The van der Waals surface area contributed by atoms with Gasteiger partial charge >= 0.3 is 0 Å². The van der Waals surface area contributed by atoms with E-state index in [1.54, 1.807) is 13.0 Å². The molecule has 6 heteroatoms. The maximum Gasteiger partial charge on any atom is 0.295 e. The van der Waals surface area contributed by atoms with Crippen molar-refractivity contribution in [2.45, 2.75) is 6.92 Å². The predicted octanol–water partition coefficient (Wildman–Crippen LogP) is 0.810. The van der Waals surface area contributed by atoms with Crippen LogP contribution in [0.2, 0.25) is 0 Å². The summed E-state index contributed by atoms with van der Waals surface area (Å²) in [7, 11) is 0. The Bertz CT molecular complexity index is 397. The standard InChI is InChI=1S/C9H10N2O4/c1-6-4-8(11-15-6)10-9(12)7-5-13-2-3-14-7/h4-5H,2-3H2,1H3,(H,10,11,12). The summed E-state index contributed by atoms with van der Waals surface area (Å²) in [5.41, 5.74) is 0. The smallest absolute Gasteiger partial charge is 0.295 e. The highest BCUT2D eigenvalue weighted by Crippen LogP contribution is 2.10. The molecule has 2 rings (SSSR count). The molecule has 2 heterocycles. The average molecular weight is 210 g/mol. The minimum atomic E-state index is -0.400. The average Bonchev–Trinajstić information content (AvgIpc) is 2.65. The largest absolute Gasteiger partial charge is 0.494 e. The number of carbonyl (C=O) groups is 1. The van der Waals surface area contributed by atoms with Gasteiger partial charge in [0.25, 0.3) is 5.91 Å². The zero-order valence-corrected chi connectivity index (χ0v) is 8.15. The second-order valence-corrected chi connectivity index (χ2v) is 2.98. The molecule has 1 amide bonds. The number of hydrogen-bond acceptors (Lipinski definition) is 5. The van der Waals surface area contributed by atoms with Crippen molar-refractivity contribution in [3.63, 3.8) is 0 Å². The van der Waals surface area contributed by atoms with E-state index in [1.807, 2.05) is 0 Å². The Kier molecular flexibility index (Phi) is 2.57. The summed E-state index contributed by atoms with van der Waals surface area (Å²) in [4.78, 5) is 11.5. The fourth-order valence-electron chi connectivity index (χ4n) is 1.09. The summed E-state index contributed by atoms with van der Waals surface area (Å²) in [6.07, 6.45) is 1.28. The number of anilines is 1. The predicted molar refractivity (Wildman–Crippen MR) is 49.9 cm³/mol. The number of hydrogen-bond donors (Lipinski definition) is 1. The molecule has 1 N–H and O–H groups in total. The molecule has 0 aliphatic carbocycles. The fourth-order valence-corrected chi connectivity index (χ4v) is 1.09. The summed E-state index contributed by atoms with van der Waals surface area (Å²) in [5, 5.41) is 6.14. The maximum absolute atomic E-state index is 11.5. The third-order valence-electron chi connectivity index (χ3n) is 1.74. The molecule has 0 atom stereocenters. The lowest BCUT2D eigenvalue weighted by atomic mass is 10.4. The topological polar surface area (TPSA) is 73.6 Å². The van der Waals surface area contributed by atoms with Crippen molar-refractivity contribution in [3.8, 4) is 0 Å². The highest BCUT2D eigenvalue weighted by molar-refractivity contribution is 6.01. The lowest BCUT2D eigenvalue weighted by Gasteiger charge is -2.13. The van der Waals surface area contributed by atoms with Gasteiger partial charge in [0.2, 0.25) is 5.76 Å². The number of nitrogens with one attached hydrogen (secondary N) is 1.